The maximum Gasteiger partial charge on any atom is 0.274 e. The van der Waals surface area contributed by atoms with E-state index in [1.54, 1.807) is 48.5 Å². The van der Waals surface area contributed by atoms with E-state index >= 15 is 0 Å². The molecule has 3 aromatic rings. The molecule has 4 nitrogen and oxygen atoms in total. The quantitative estimate of drug-likeness (QED) is 0.653. The van der Waals surface area contributed by atoms with Crippen LogP contribution in [-0.2, 0) is 4.57 Å². The van der Waals surface area contributed by atoms with Gasteiger partial charge in [0.15, 0.2) is 0 Å². The zero-order valence-corrected chi connectivity index (χ0v) is 15.1. The number of amides is 1. The van der Waals surface area contributed by atoms with Gasteiger partial charge in [0.25, 0.3) is 13.3 Å². The number of hydrogen-bond acceptors (Lipinski definition) is 2. The van der Waals surface area contributed by atoms with E-state index in [0.29, 0.717) is 11.1 Å². The first kappa shape index (κ1) is 18.8. The fourth-order valence-corrected chi connectivity index (χ4v) is 3.89. The lowest BCUT2D eigenvalue weighted by atomic mass is 10.2. The highest BCUT2D eigenvalue weighted by Gasteiger charge is 2.28. The maximum atomic E-state index is 13.2. The van der Waals surface area contributed by atoms with E-state index in [2.05, 4.69) is 5.32 Å². The van der Waals surface area contributed by atoms with Crippen LogP contribution in [0.4, 0.5) is 4.39 Å². The van der Waals surface area contributed by atoms with Gasteiger partial charge in [-0.2, -0.15) is 0 Å². The van der Waals surface area contributed by atoms with Crippen LogP contribution in [0.2, 0.25) is 0 Å². The first-order valence-corrected chi connectivity index (χ1v) is 9.85. The monoisotopic (exact) mass is 381 g/mol. The summed E-state index contributed by atoms with van der Waals surface area (Å²) in [7, 11) is -4.07. The highest BCUT2D eigenvalue weighted by molar-refractivity contribution is 7.70. The zero-order chi connectivity index (χ0) is 19.3. The Labute approximate surface area is 156 Å². The Morgan fingerprint density at radius 2 is 1.44 bits per heavy atom. The number of rotatable bonds is 5. The van der Waals surface area contributed by atoms with Crippen molar-refractivity contribution in [3.05, 3.63) is 107 Å². The van der Waals surface area contributed by atoms with Gasteiger partial charge < -0.3 is 10.2 Å². The fraction of sp³-hybridized carbons (Fsp3) is 0. The Hall–Kier alpha value is -3.01. The van der Waals surface area contributed by atoms with Crippen LogP contribution in [0.3, 0.4) is 0 Å². The Balaban J connectivity index is 2.02. The molecule has 136 valence electrons. The van der Waals surface area contributed by atoms with Crippen molar-refractivity contribution in [1.29, 1.82) is 0 Å². The van der Waals surface area contributed by atoms with E-state index in [4.69, 9.17) is 0 Å². The molecule has 0 radical (unpaired) electrons. The van der Waals surface area contributed by atoms with E-state index in [1.165, 1.54) is 42.5 Å². The molecule has 0 bridgehead atoms. The van der Waals surface area contributed by atoms with Gasteiger partial charge in [0.1, 0.15) is 11.3 Å². The summed E-state index contributed by atoms with van der Waals surface area (Å²) in [4.78, 5) is 23.3. The summed E-state index contributed by atoms with van der Waals surface area (Å²) in [6.07, 6.45) is 1.38. The third-order valence-electron chi connectivity index (χ3n) is 3.88. The lowest BCUT2D eigenvalue weighted by Gasteiger charge is -2.17. The Bertz CT molecular complexity index is 1000. The minimum absolute atomic E-state index is 0.144. The van der Waals surface area contributed by atoms with E-state index < -0.39 is 19.1 Å². The van der Waals surface area contributed by atoms with Crippen LogP contribution in [0.5, 0.6) is 0 Å². The second kappa shape index (κ2) is 8.12. The molecule has 0 fully saturated rings. The molecular weight excluding hydrogens is 364 g/mol. The Kier molecular flexibility index (Phi) is 5.65. The van der Waals surface area contributed by atoms with Crippen LogP contribution >= 0.6 is 7.37 Å². The van der Waals surface area contributed by atoms with Crippen molar-refractivity contribution in [2.24, 2.45) is 0 Å². The topological polar surface area (TPSA) is 66.4 Å². The number of carbonyl (C=O) groups excluding carboxylic acids is 1. The first-order valence-electron chi connectivity index (χ1n) is 8.19. The summed E-state index contributed by atoms with van der Waals surface area (Å²) in [6.45, 7) is 0. The highest BCUT2D eigenvalue weighted by Crippen LogP contribution is 2.47. The minimum Gasteiger partial charge on any atom is -0.337 e. The van der Waals surface area contributed by atoms with Gasteiger partial charge in [-0.1, -0.05) is 48.5 Å². The van der Waals surface area contributed by atoms with Crippen LogP contribution in [-0.4, -0.2) is 10.8 Å². The molecule has 3 aromatic carbocycles. The van der Waals surface area contributed by atoms with Gasteiger partial charge in [0, 0.05) is 10.9 Å². The summed E-state index contributed by atoms with van der Waals surface area (Å²) in [6, 6.07) is 21.9. The average molecular weight is 381 g/mol. The molecular formula is C21H17FNO3P. The van der Waals surface area contributed by atoms with Gasteiger partial charge in [-0.25, -0.2) is 4.39 Å². The van der Waals surface area contributed by atoms with E-state index in [9.17, 15) is 18.6 Å². The Morgan fingerprint density at radius 3 is 2.04 bits per heavy atom. The predicted molar refractivity (Wildman–Crippen MR) is 104 cm³/mol. The van der Waals surface area contributed by atoms with Crippen LogP contribution in [0.15, 0.2) is 90.4 Å². The van der Waals surface area contributed by atoms with E-state index in [1.807, 2.05) is 0 Å². The van der Waals surface area contributed by atoms with Gasteiger partial charge >= 0.3 is 0 Å². The largest absolute Gasteiger partial charge is 0.337 e. The third kappa shape index (κ3) is 4.59. The van der Waals surface area contributed by atoms with Crippen LogP contribution < -0.4 is 10.6 Å². The van der Waals surface area contributed by atoms with Crippen molar-refractivity contribution in [2.45, 2.75) is 0 Å². The highest BCUT2D eigenvalue weighted by atomic mass is 31.2. The van der Waals surface area contributed by atoms with Crippen LogP contribution in [0.25, 0.3) is 6.08 Å². The maximum absolute atomic E-state index is 13.2. The van der Waals surface area contributed by atoms with Gasteiger partial charge in [-0.3, -0.25) is 9.36 Å². The fourth-order valence-electron chi connectivity index (χ4n) is 2.46. The summed E-state index contributed by atoms with van der Waals surface area (Å²) in [5, 5.41) is 2.74. The van der Waals surface area contributed by atoms with Gasteiger partial charge in [0.2, 0.25) is 0 Å². The molecule has 0 aliphatic rings. The molecule has 1 amide bonds. The van der Waals surface area contributed by atoms with Crippen molar-refractivity contribution in [1.82, 2.24) is 5.32 Å². The molecule has 0 aromatic heterocycles. The lowest BCUT2D eigenvalue weighted by molar-refractivity contribution is 0.0968. The average Bonchev–Trinajstić information content (AvgIpc) is 2.70. The number of nitrogens with one attached hydrogen (secondary N) is 1. The van der Waals surface area contributed by atoms with Crippen molar-refractivity contribution >= 4 is 24.7 Å². The smallest absolute Gasteiger partial charge is 0.274 e. The van der Waals surface area contributed by atoms with Crippen LogP contribution in [0, 0.1) is 5.82 Å². The molecule has 1 atom stereocenters. The third-order valence-corrected chi connectivity index (χ3v) is 5.78. The number of hydrogen-bond donors (Lipinski definition) is 2. The van der Waals surface area contributed by atoms with Crippen molar-refractivity contribution in [3.8, 4) is 0 Å². The molecule has 0 spiro atoms. The molecule has 0 heterocycles. The van der Waals surface area contributed by atoms with E-state index in [0.717, 1.165) is 0 Å². The molecule has 1 unspecified atom stereocenters. The van der Waals surface area contributed by atoms with Crippen LogP contribution in [0.1, 0.15) is 15.9 Å². The molecule has 0 aliphatic carbocycles. The van der Waals surface area contributed by atoms with Gasteiger partial charge in [-0.15, -0.1) is 0 Å². The summed E-state index contributed by atoms with van der Waals surface area (Å²) in [5.41, 5.74) is 0.703. The lowest BCUT2D eigenvalue weighted by Crippen LogP contribution is -2.25. The molecule has 27 heavy (non-hydrogen) atoms. The first-order chi connectivity index (χ1) is 13.0. The van der Waals surface area contributed by atoms with Gasteiger partial charge in [-0.05, 0) is 48.0 Å². The number of benzene rings is 3. The second-order valence-electron chi connectivity index (χ2n) is 5.81. The normalized spacial score (nSPS) is 13.6. The second-order valence-corrected chi connectivity index (χ2v) is 7.96. The summed E-state index contributed by atoms with van der Waals surface area (Å²) < 4.78 is 26.3. The van der Waals surface area contributed by atoms with Crippen molar-refractivity contribution < 1.29 is 18.6 Å². The van der Waals surface area contributed by atoms with Crippen molar-refractivity contribution in [3.63, 3.8) is 0 Å². The standard InChI is InChI=1S/C21H17FNO3P/c22-18-13-11-16(12-14-18)15-20(23-21(24)17-7-3-1-4-8-17)27(25,26)19-9-5-2-6-10-19/h1-15H,(H,23,24)(H,25,26)/b20-15+. The molecule has 3 rings (SSSR count). The molecule has 0 saturated heterocycles. The molecule has 0 aliphatic heterocycles. The van der Waals surface area contributed by atoms with E-state index in [-0.39, 0.29) is 10.7 Å². The summed E-state index contributed by atoms with van der Waals surface area (Å²) in [5.74, 6) is -0.925. The number of carbonyl (C=O) groups is 1. The summed E-state index contributed by atoms with van der Waals surface area (Å²) >= 11 is 0. The Morgan fingerprint density at radius 1 is 0.889 bits per heavy atom. The van der Waals surface area contributed by atoms with Gasteiger partial charge in [0.05, 0.1) is 0 Å². The zero-order valence-electron chi connectivity index (χ0n) is 14.2. The SMILES string of the molecule is O=C(N/C(=C\c1ccc(F)cc1)P(=O)(O)c1ccccc1)c1ccccc1. The predicted octanol–water partition coefficient (Wildman–Crippen LogP) is 4.15. The van der Waals surface area contributed by atoms with Crippen molar-refractivity contribution in [2.75, 3.05) is 0 Å². The minimum atomic E-state index is -4.07. The number of halogens is 1. The molecule has 0 saturated carbocycles. The molecule has 6 heteroatoms. The molecule has 2 N–H and O–H groups in total.